The van der Waals surface area contributed by atoms with Crippen molar-refractivity contribution in [2.24, 2.45) is 0 Å². The van der Waals surface area contributed by atoms with Gasteiger partial charge in [0, 0.05) is 37.0 Å². The second-order valence-corrected chi connectivity index (χ2v) is 8.56. The summed E-state index contributed by atoms with van der Waals surface area (Å²) in [5, 5.41) is 0. The van der Waals surface area contributed by atoms with Gasteiger partial charge in [0.05, 0.1) is 25.3 Å². The van der Waals surface area contributed by atoms with Crippen LogP contribution in [-0.2, 0) is 11.3 Å². The largest absolute Gasteiger partial charge is 0.417 e. The number of fused-ring (bicyclic) bond motifs is 3. The van der Waals surface area contributed by atoms with Crippen molar-refractivity contribution in [1.82, 2.24) is 14.5 Å². The zero-order valence-electron chi connectivity index (χ0n) is 18.1. The lowest BCUT2D eigenvalue weighted by molar-refractivity contribution is -0.152. The number of nitrogens with zero attached hydrogens (tertiary/aromatic N) is 5. The molecule has 0 spiro atoms. The van der Waals surface area contributed by atoms with Gasteiger partial charge in [-0.25, -0.2) is 4.98 Å². The Morgan fingerprint density at radius 3 is 2.69 bits per heavy atom. The first-order valence-corrected chi connectivity index (χ1v) is 10.9. The average Bonchev–Trinajstić information content (AvgIpc) is 3.42. The van der Waals surface area contributed by atoms with Crippen LogP contribution >= 0.6 is 0 Å². The van der Waals surface area contributed by atoms with Crippen LogP contribution in [0, 0.1) is 0 Å². The van der Waals surface area contributed by atoms with Crippen LogP contribution < -0.4 is 20.1 Å². The number of carbonyl (C=O) groups excluding carboxylic acids is 1. The number of ether oxygens (including phenoxy) is 2. The third kappa shape index (κ3) is 4.54. The molecule has 5 rings (SSSR count). The van der Waals surface area contributed by atoms with Crippen LogP contribution in [0.5, 0.6) is 5.88 Å². The van der Waals surface area contributed by atoms with E-state index < -0.39 is 49.0 Å². The number of alkyl halides is 5. The molecule has 3 atom stereocenters. The molecule has 0 aromatic carbocycles. The molecule has 5 heterocycles. The molecule has 2 aromatic heterocycles. The maximum Gasteiger partial charge on any atom is 0.408 e. The normalized spacial score (nSPS) is 23.7. The van der Waals surface area contributed by atoms with Crippen molar-refractivity contribution < 1.29 is 36.2 Å². The van der Waals surface area contributed by atoms with Crippen molar-refractivity contribution in [3.05, 3.63) is 40.3 Å². The van der Waals surface area contributed by atoms with E-state index in [4.69, 9.17) is 4.74 Å². The van der Waals surface area contributed by atoms with Gasteiger partial charge in [-0.05, 0) is 18.9 Å². The molecule has 3 aliphatic heterocycles. The molecule has 2 bridgehead atoms. The number of hydrogen-bond donors (Lipinski definition) is 0. The van der Waals surface area contributed by atoms with Crippen LogP contribution in [0.15, 0.2) is 29.2 Å². The van der Waals surface area contributed by atoms with Crippen LogP contribution in [0.4, 0.5) is 33.7 Å². The maximum absolute atomic E-state index is 13.9. The van der Waals surface area contributed by atoms with Gasteiger partial charge in [-0.2, -0.15) is 26.9 Å². The number of morpholine rings is 1. The summed E-state index contributed by atoms with van der Waals surface area (Å²) in [6, 6.07) is 1.39. The second-order valence-electron chi connectivity index (χ2n) is 8.56. The first kappa shape index (κ1) is 23.5. The van der Waals surface area contributed by atoms with E-state index in [2.05, 4.69) is 14.7 Å². The number of hydrogen-bond acceptors (Lipinski definition) is 8. The van der Waals surface area contributed by atoms with Crippen molar-refractivity contribution in [3.63, 3.8) is 0 Å². The predicted octanol–water partition coefficient (Wildman–Crippen LogP) is 2.24. The highest BCUT2D eigenvalue weighted by Crippen LogP contribution is 2.36. The highest BCUT2D eigenvalue weighted by Gasteiger charge is 2.48. The summed E-state index contributed by atoms with van der Waals surface area (Å²) in [5.41, 5.74) is -0.612. The van der Waals surface area contributed by atoms with Crippen molar-refractivity contribution >= 4 is 17.5 Å². The molecule has 2 saturated heterocycles. The molecule has 0 N–H and O–H groups in total. The fourth-order valence-corrected chi connectivity index (χ4v) is 4.76. The van der Waals surface area contributed by atoms with Gasteiger partial charge in [-0.3, -0.25) is 14.2 Å². The summed E-state index contributed by atoms with van der Waals surface area (Å²) in [7, 11) is 0. The summed E-state index contributed by atoms with van der Waals surface area (Å²) in [5.74, 6) is -1.19. The third-order valence-electron chi connectivity index (χ3n) is 6.39. The van der Waals surface area contributed by atoms with Gasteiger partial charge in [0.15, 0.2) is 5.78 Å². The molecule has 14 heteroatoms. The zero-order valence-corrected chi connectivity index (χ0v) is 18.1. The smallest absolute Gasteiger partial charge is 0.408 e. The highest BCUT2D eigenvalue weighted by molar-refractivity contribution is 5.99. The zero-order chi connectivity index (χ0) is 24.9. The Labute approximate surface area is 195 Å². The van der Waals surface area contributed by atoms with E-state index in [9.17, 15) is 31.5 Å². The number of carbonyl (C=O) groups is 1. The molecular formula is C21H20F5N5O4. The van der Waals surface area contributed by atoms with E-state index in [1.807, 2.05) is 4.90 Å². The first-order valence-electron chi connectivity index (χ1n) is 10.9. The molecule has 2 fully saturated rings. The number of aromatic nitrogens is 3. The lowest BCUT2D eigenvalue weighted by Crippen LogP contribution is -2.54. The summed E-state index contributed by atoms with van der Waals surface area (Å²) in [6.45, 7) is -3.15. The Kier molecular flexibility index (Phi) is 5.85. The molecule has 0 radical (unpaired) electrons. The molecule has 2 aromatic rings. The Hall–Kier alpha value is -3.29. The SMILES string of the molecule is O=C(CN1c2nc(N3C[C@@H]4C[C@H]3CO4)cc(=O)n2CCC1C(F)(F)F)c1ccc(OC(F)F)nc1. The summed E-state index contributed by atoms with van der Waals surface area (Å²) >= 11 is 0. The quantitative estimate of drug-likeness (QED) is 0.440. The van der Waals surface area contributed by atoms with E-state index in [1.165, 1.54) is 6.07 Å². The molecule has 3 aliphatic rings. The maximum atomic E-state index is 13.9. The molecule has 1 unspecified atom stereocenters. The number of rotatable bonds is 6. The van der Waals surface area contributed by atoms with Gasteiger partial charge in [-0.1, -0.05) is 0 Å². The van der Waals surface area contributed by atoms with Crippen LogP contribution in [0.3, 0.4) is 0 Å². The molecule has 0 aliphatic carbocycles. The third-order valence-corrected chi connectivity index (χ3v) is 6.39. The average molecular weight is 501 g/mol. The molecule has 0 saturated carbocycles. The monoisotopic (exact) mass is 501 g/mol. The number of anilines is 2. The molecule has 35 heavy (non-hydrogen) atoms. The van der Waals surface area contributed by atoms with Crippen LogP contribution in [-0.4, -0.2) is 71.0 Å². The molecule has 0 amide bonds. The highest BCUT2D eigenvalue weighted by atomic mass is 19.4. The van der Waals surface area contributed by atoms with Gasteiger partial charge < -0.3 is 19.3 Å². The summed E-state index contributed by atoms with van der Waals surface area (Å²) in [4.78, 5) is 36.3. The Bertz CT molecular complexity index is 1170. The van der Waals surface area contributed by atoms with Gasteiger partial charge in [0.1, 0.15) is 11.9 Å². The van der Waals surface area contributed by atoms with E-state index in [-0.39, 0.29) is 36.0 Å². The Balaban J connectivity index is 1.47. The first-order chi connectivity index (χ1) is 16.6. The minimum atomic E-state index is -4.69. The van der Waals surface area contributed by atoms with Crippen molar-refractivity contribution in [2.75, 3.05) is 29.5 Å². The molecule has 9 nitrogen and oxygen atoms in total. The van der Waals surface area contributed by atoms with Crippen molar-refractivity contribution in [3.8, 4) is 5.88 Å². The van der Waals surface area contributed by atoms with Crippen LogP contribution in [0.25, 0.3) is 0 Å². The van der Waals surface area contributed by atoms with Crippen molar-refractivity contribution in [2.45, 2.75) is 50.4 Å². The van der Waals surface area contributed by atoms with Crippen molar-refractivity contribution in [1.29, 1.82) is 0 Å². The molecule has 188 valence electrons. The minimum absolute atomic E-state index is 0.0212. The minimum Gasteiger partial charge on any atom is -0.417 e. The Morgan fingerprint density at radius 2 is 2.09 bits per heavy atom. The predicted molar refractivity (Wildman–Crippen MR) is 111 cm³/mol. The van der Waals surface area contributed by atoms with E-state index in [0.29, 0.717) is 13.2 Å². The lowest BCUT2D eigenvalue weighted by atomic mass is 10.1. The number of Topliss-reactive ketones (excluding diaryl/α,β-unsaturated/α-hetero) is 1. The molecular weight excluding hydrogens is 481 g/mol. The van der Waals surface area contributed by atoms with E-state index >= 15 is 0 Å². The fourth-order valence-electron chi connectivity index (χ4n) is 4.76. The van der Waals surface area contributed by atoms with Gasteiger partial charge in [-0.15, -0.1) is 0 Å². The van der Waals surface area contributed by atoms with Crippen LogP contribution in [0.1, 0.15) is 23.2 Å². The van der Waals surface area contributed by atoms with E-state index in [1.54, 1.807) is 0 Å². The lowest BCUT2D eigenvalue weighted by Gasteiger charge is -2.39. The van der Waals surface area contributed by atoms with E-state index in [0.717, 1.165) is 34.2 Å². The number of ketones is 1. The fraction of sp³-hybridized carbons (Fsp3) is 0.524. The van der Waals surface area contributed by atoms with Gasteiger partial charge in [0.2, 0.25) is 11.8 Å². The number of pyridine rings is 1. The topological polar surface area (TPSA) is 89.8 Å². The van der Waals surface area contributed by atoms with Gasteiger partial charge in [0.25, 0.3) is 5.56 Å². The van der Waals surface area contributed by atoms with Gasteiger partial charge >= 0.3 is 12.8 Å². The summed E-state index contributed by atoms with van der Waals surface area (Å²) in [6.07, 6.45) is -3.46. The second kappa shape index (κ2) is 8.73. The number of halogens is 5. The standard InChI is InChI=1S/C21H20F5N5O4/c22-19(23)35-17-2-1-11(7-27-17)14(32)9-31-15(21(24,25)26)3-4-29-18(33)6-16(28-20(29)31)30-8-13-5-12(30)10-34-13/h1-2,6-7,12-13,15,19H,3-5,8-10H2/t12-,13-,15?/m0/s1. The summed E-state index contributed by atoms with van der Waals surface area (Å²) < 4.78 is 77.3. The Morgan fingerprint density at radius 1 is 1.29 bits per heavy atom. The van der Waals surface area contributed by atoms with Crippen LogP contribution in [0.2, 0.25) is 0 Å².